The molecule has 0 fully saturated rings. The third-order valence-corrected chi connectivity index (χ3v) is 7.65. The second kappa shape index (κ2) is 11.7. The number of hydrogen-bond acceptors (Lipinski definition) is 4. The second-order valence-corrected chi connectivity index (χ2v) is 10.9. The Kier molecular flexibility index (Phi) is 8.38. The van der Waals surface area contributed by atoms with Crippen molar-refractivity contribution in [2.24, 2.45) is 0 Å². The van der Waals surface area contributed by atoms with Crippen LogP contribution in [-0.2, 0) is 10.0 Å². The molecule has 0 saturated heterocycles. The maximum atomic E-state index is 13.3. The number of benzene rings is 3. The molecular weight excluding hydrogens is 477 g/mol. The fourth-order valence-corrected chi connectivity index (χ4v) is 5.64. The van der Waals surface area contributed by atoms with Crippen molar-refractivity contribution in [2.45, 2.75) is 51.7 Å². The Labute approximate surface area is 212 Å². The van der Waals surface area contributed by atoms with Crippen molar-refractivity contribution in [2.75, 3.05) is 5.75 Å². The Balaban J connectivity index is 1.55. The highest BCUT2D eigenvalue weighted by atomic mass is 32.2. The van der Waals surface area contributed by atoms with E-state index < -0.39 is 22.2 Å². The van der Waals surface area contributed by atoms with E-state index in [2.05, 4.69) is 16.7 Å². The molecule has 0 aliphatic rings. The lowest BCUT2D eigenvalue weighted by atomic mass is 10.0. The molecule has 0 spiro atoms. The van der Waals surface area contributed by atoms with E-state index in [1.54, 1.807) is 23.0 Å². The summed E-state index contributed by atoms with van der Waals surface area (Å²) in [6.07, 6.45) is 4.83. The number of hydrogen-bond donors (Lipinski definition) is 1. The van der Waals surface area contributed by atoms with Crippen molar-refractivity contribution in [3.63, 3.8) is 0 Å². The Morgan fingerprint density at radius 3 is 2.47 bits per heavy atom. The van der Waals surface area contributed by atoms with E-state index in [4.69, 9.17) is 4.74 Å². The van der Waals surface area contributed by atoms with Gasteiger partial charge in [-0.3, -0.25) is 0 Å². The molecule has 4 rings (SSSR count). The third kappa shape index (κ3) is 6.50. The van der Waals surface area contributed by atoms with Crippen LogP contribution in [0.5, 0.6) is 5.75 Å². The number of fused-ring (bicyclic) bond motifs is 1. The zero-order chi connectivity index (χ0) is 25.5. The van der Waals surface area contributed by atoms with Gasteiger partial charge in [-0.1, -0.05) is 56.5 Å². The molecule has 8 heteroatoms. The lowest BCUT2D eigenvalue weighted by Gasteiger charge is -2.26. The minimum atomic E-state index is -3.44. The quantitative estimate of drug-likeness (QED) is 0.232. The Hall–Kier alpha value is -3.23. The van der Waals surface area contributed by atoms with Gasteiger partial charge in [-0.15, -0.1) is 0 Å². The lowest BCUT2D eigenvalue weighted by Crippen LogP contribution is -2.40. The van der Waals surface area contributed by atoms with Crippen LogP contribution >= 0.6 is 0 Å². The summed E-state index contributed by atoms with van der Waals surface area (Å²) in [4.78, 5) is 0. The summed E-state index contributed by atoms with van der Waals surface area (Å²) in [5.74, 6) is 0.403. The molecule has 36 heavy (non-hydrogen) atoms. The number of halogens is 1. The average molecular weight is 510 g/mol. The van der Waals surface area contributed by atoms with Gasteiger partial charge in [0.2, 0.25) is 10.0 Å². The summed E-state index contributed by atoms with van der Waals surface area (Å²) in [7, 11) is -3.44. The van der Waals surface area contributed by atoms with Crippen LogP contribution in [0.4, 0.5) is 4.39 Å². The van der Waals surface area contributed by atoms with Crippen molar-refractivity contribution in [3.8, 4) is 11.4 Å². The molecule has 0 saturated carbocycles. The maximum Gasteiger partial charge on any atom is 0.211 e. The number of unbranched alkanes of at least 4 members (excludes halogenated alkanes) is 3. The lowest BCUT2D eigenvalue weighted by molar-refractivity contribution is 0.173. The monoisotopic (exact) mass is 509 g/mol. The van der Waals surface area contributed by atoms with Crippen molar-refractivity contribution < 1.29 is 17.5 Å². The molecule has 0 aliphatic heterocycles. The van der Waals surface area contributed by atoms with E-state index in [1.807, 2.05) is 55.5 Å². The van der Waals surface area contributed by atoms with Crippen LogP contribution in [-0.4, -0.2) is 30.0 Å². The van der Waals surface area contributed by atoms with Gasteiger partial charge in [-0.2, -0.15) is 5.10 Å². The zero-order valence-corrected chi connectivity index (χ0v) is 21.4. The Morgan fingerprint density at radius 2 is 1.75 bits per heavy atom. The maximum absolute atomic E-state index is 13.3. The molecule has 1 heterocycles. The van der Waals surface area contributed by atoms with Gasteiger partial charge in [0.25, 0.3) is 0 Å². The molecule has 0 bridgehead atoms. The fraction of sp³-hybridized carbons (Fsp3) is 0.321. The molecule has 1 N–H and O–H groups in total. The van der Waals surface area contributed by atoms with Gasteiger partial charge < -0.3 is 4.74 Å². The van der Waals surface area contributed by atoms with Gasteiger partial charge in [-0.05, 0) is 61.4 Å². The highest BCUT2D eigenvalue weighted by Gasteiger charge is 2.26. The second-order valence-electron chi connectivity index (χ2n) is 8.99. The molecule has 0 amide bonds. The number of ether oxygens (including phenoxy) is 1. The SMILES string of the molecule is CCCCCCS(=O)(=O)N[C@@H](C)[C@H](Oc1ccc2c(cnn2-c2ccc(F)cc2)c1)c1ccccc1. The first kappa shape index (κ1) is 25.9. The van der Waals surface area contributed by atoms with E-state index in [9.17, 15) is 12.8 Å². The summed E-state index contributed by atoms with van der Waals surface area (Å²) in [5.41, 5.74) is 2.48. The Morgan fingerprint density at radius 1 is 1.00 bits per heavy atom. The van der Waals surface area contributed by atoms with E-state index >= 15 is 0 Å². The molecule has 4 aromatic rings. The molecule has 190 valence electrons. The number of nitrogens with zero attached hydrogens (tertiary/aromatic N) is 2. The predicted octanol–water partition coefficient (Wildman–Crippen LogP) is 6.17. The van der Waals surface area contributed by atoms with Crippen LogP contribution in [0.25, 0.3) is 16.6 Å². The van der Waals surface area contributed by atoms with E-state index in [1.165, 1.54) is 12.1 Å². The highest BCUT2D eigenvalue weighted by molar-refractivity contribution is 7.89. The van der Waals surface area contributed by atoms with Crippen LogP contribution < -0.4 is 9.46 Å². The smallest absolute Gasteiger partial charge is 0.211 e. The van der Waals surface area contributed by atoms with E-state index in [-0.39, 0.29) is 11.6 Å². The highest BCUT2D eigenvalue weighted by Crippen LogP contribution is 2.29. The van der Waals surface area contributed by atoms with Crippen molar-refractivity contribution in [1.29, 1.82) is 0 Å². The first-order chi connectivity index (χ1) is 17.4. The number of rotatable bonds is 12. The number of aromatic nitrogens is 2. The van der Waals surface area contributed by atoms with Crippen LogP contribution in [0.1, 0.15) is 51.2 Å². The molecule has 0 unspecified atom stereocenters. The fourth-order valence-electron chi connectivity index (χ4n) is 4.24. The molecule has 0 radical (unpaired) electrons. The summed E-state index contributed by atoms with van der Waals surface area (Å²) in [6, 6.07) is 20.9. The van der Waals surface area contributed by atoms with Gasteiger partial charge >= 0.3 is 0 Å². The zero-order valence-electron chi connectivity index (χ0n) is 20.6. The first-order valence-corrected chi connectivity index (χ1v) is 14.0. The van der Waals surface area contributed by atoms with Crippen molar-refractivity contribution in [3.05, 3.63) is 90.4 Å². The van der Waals surface area contributed by atoms with Gasteiger partial charge in [-0.25, -0.2) is 22.2 Å². The van der Waals surface area contributed by atoms with Crippen molar-refractivity contribution in [1.82, 2.24) is 14.5 Å². The minimum absolute atomic E-state index is 0.105. The summed E-state index contributed by atoms with van der Waals surface area (Å²) >= 11 is 0. The molecule has 2 atom stereocenters. The number of nitrogens with one attached hydrogen (secondary N) is 1. The Bertz CT molecular complexity index is 1370. The molecule has 3 aromatic carbocycles. The summed E-state index contributed by atoms with van der Waals surface area (Å²) in [5, 5.41) is 5.30. The van der Waals surface area contributed by atoms with Crippen LogP contribution in [0.2, 0.25) is 0 Å². The van der Waals surface area contributed by atoms with Crippen LogP contribution in [0.15, 0.2) is 79.0 Å². The largest absolute Gasteiger partial charge is 0.484 e. The predicted molar refractivity (Wildman–Crippen MR) is 141 cm³/mol. The van der Waals surface area contributed by atoms with E-state index in [0.717, 1.165) is 41.4 Å². The van der Waals surface area contributed by atoms with Gasteiger partial charge in [0.1, 0.15) is 17.7 Å². The average Bonchev–Trinajstić information content (AvgIpc) is 3.29. The summed E-state index contributed by atoms with van der Waals surface area (Å²) < 4.78 is 49.7. The summed E-state index contributed by atoms with van der Waals surface area (Å²) in [6.45, 7) is 3.92. The van der Waals surface area contributed by atoms with Gasteiger partial charge in [0.15, 0.2) is 0 Å². The first-order valence-electron chi connectivity index (χ1n) is 12.3. The molecule has 0 aliphatic carbocycles. The minimum Gasteiger partial charge on any atom is -0.484 e. The number of sulfonamides is 1. The van der Waals surface area contributed by atoms with Gasteiger partial charge in [0.05, 0.1) is 29.2 Å². The van der Waals surface area contributed by atoms with E-state index in [0.29, 0.717) is 12.2 Å². The third-order valence-electron chi connectivity index (χ3n) is 6.09. The topological polar surface area (TPSA) is 73.2 Å². The van der Waals surface area contributed by atoms with Gasteiger partial charge in [0, 0.05) is 5.39 Å². The molecule has 6 nitrogen and oxygen atoms in total. The standard InChI is InChI=1S/C28H32FN3O3S/c1-3-4-5-9-18-36(33,34)31-21(2)28(22-10-7-6-8-11-22)35-26-16-17-27-23(19-26)20-30-32(27)25-14-12-24(29)13-15-25/h6-8,10-17,19-21,28,31H,3-5,9,18H2,1-2H3/t21-,28-/m0/s1. The van der Waals surface area contributed by atoms with Crippen molar-refractivity contribution >= 4 is 20.9 Å². The van der Waals surface area contributed by atoms with Crippen LogP contribution in [0, 0.1) is 5.82 Å². The normalized spacial score (nSPS) is 13.5. The van der Waals surface area contributed by atoms with Crippen LogP contribution in [0.3, 0.4) is 0 Å². The molecular formula is C28H32FN3O3S. The molecule has 1 aromatic heterocycles.